The van der Waals surface area contributed by atoms with Crippen LogP contribution < -0.4 is 27.0 Å². The Hall–Kier alpha value is -4.20. The van der Waals surface area contributed by atoms with Crippen molar-refractivity contribution in [3.8, 4) is 5.75 Å². The molecule has 1 rings (SSSR count). The molecule has 0 aromatic heterocycles. The molecule has 9 N–H and O–H groups in total. The highest BCUT2D eigenvalue weighted by molar-refractivity contribution is 5.96. The van der Waals surface area contributed by atoms with Gasteiger partial charge in [0.1, 0.15) is 29.9 Å². The van der Waals surface area contributed by atoms with Crippen molar-refractivity contribution in [1.82, 2.24) is 21.3 Å². The molecule has 0 heterocycles. The Kier molecular flexibility index (Phi) is 14.1. The largest absolute Gasteiger partial charge is 0.508 e. The predicted molar refractivity (Wildman–Crippen MR) is 143 cm³/mol. The number of phenols is 1. The lowest BCUT2D eigenvalue weighted by molar-refractivity contribution is -0.142. The Morgan fingerprint density at radius 2 is 1.38 bits per heavy atom. The normalized spacial score (nSPS) is 13.8. The van der Waals surface area contributed by atoms with Crippen LogP contribution in [-0.4, -0.2) is 81.6 Å². The van der Waals surface area contributed by atoms with Crippen molar-refractivity contribution < 1.29 is 44.1 Å². The highest BCUT2D eigenvalue weighted by Crippen LogP contribution is 2.12. The topological polar surface area (TPSA) is 237 Å². The van der Waals surface area contributed by atoms with Gasteiger partial charge in [-0.15, -0.1) is 0 Å². The van der Waals surface area contributed by atoms with Crippen LogP contribution in [0.3, 0.4) is 0 Å². The summed E-state index contributed by atoms with van der Waals surface area (Å²) in [7, 11) is 0. The number of carboxylic acid groups (broad SMARTS) is 2. The summed E-state index contributed by atoms with van der Waals surface area (Å²) in [5.74, 6) is -6.17. The van der Waals surface area contributed by atoms with Crippen LogP contribution in [0.4, 0.5) is 0 Å². The second kappa shape index (κ2) is 16.7. The fraction of sp³-hybridized carbons (Fsp3) is 0.538. The predicted octanol–water partition coefficient (Wildman–Crippen LogP) is -0.762. The van der Waals surface area contributed by atoms with Crippen LogP contribution in [0.25, 0.3) is 0 Å². The molecule has 0 aliphatic rings. The number of nitrogens with two attached hydrogens (primary N) is 1. The Morgan fingerprint density at radius 3 is 1.88 bits per heavy atom. The molecule has 0 fully saturated rings. The van der Waals surface area contributed by atoms with E-state index in [2.05, 4.69) is 21.3 Å². The van der Waals surface area contributed by atoms with Gasteiger partial charge in [0.15, 0.2) is 0 Å². The fourth-order valence-electron chi connectivity index (χ4n) is 3.78. The summed E-state index contributed by atoms with van der Waals surface area (Å²) in [5.41, 5.74) is 6.09. The van der Waals surface area contributed by atoms with Crippen molar-refractivity contribution >= 4 is 35.6 Å². The van der Waals surface area contributed by atoms with E-state index in [1.807, 2.05) is 0 Å². The number of unbranched alkanes of at least 4 members (excludes halogenated alkanes) is 1. The van der Waals surface area contributed by atoms with E-state index in [1.54, 1.807) is 13.8 Å². The molecular formula is C26H39N5O9. The summed E-state index contributed by atoms with van der Waals surface area (Å²) in [6, 6.07) is 0.695. The van der Waals surface area contributed by atoms with Crippen molar-refractivity contribution in [3.63, 3.8) is 0 Å². The minimum absolute atomic E-state index is 0.000458. The smallest absolute Gasteiger partial charge is 0.326 e. The van der Waals surface area contributed by atoms with E-state index in [0.717, 1.165) is 6.92 Å². The van der Waals surface area contributed by atoms with Crippen LogP contribution in [0.1, 0.15) is 52.0 Å². The Balaban J connectivity index is 3.07. The first-order valence-corrected chi connectivity index (χ1v) is 12.9. The third-order valence-electron chi connectivity index (χ3n) is 5.89. The van der Waals surface area contributed by atoms with Crippen molar-refractivity contribution in [1.29, 1.82) is 0 Å². The van der Waals surface area contributed by atoms with E-state index < -0.39 is 72.1 Å². The van der Waals surface area contributed by atoms with Crippen LogP contribution >= 0.6 is 0 Å². The molecule has 14 nitrogen and oxygen atoms in total. The summed E-state index contributed by atoms with van der Waals surface area (Å²) in [6.45, 7) is 4.69. The van der Waals surface area contributed by atoms with E-state index >= 15 is 0 Å². The number of carbonyl (C=O) groups excluding carboxylic acids is 4. The highest BCUT2D eigenvalue weighted by Gasteiger charge is 2.33. The first-order chi connectivity index (χ1) is 18.7. The molecule has 222 valence electrons. The number of phenolic OH excluding ortho intramolecular Hbond substituents is 1. The molecule has 4 atom stereocenters. The summed E-state index contributed by atoms with van der Waals surface area (Å²) in [4.78, 5) is 73.5. The fourth-order valence-corrected chi connectivity index (χ4v) is 3.78. The van der Waals surface area contributed by atoms with Crippen LogP contribution in [0.5, 0.6) is 5.75 Å². The molecule has 40 heavy (non-hydrogen) atoms. The van der Waals surface area contributed by atoms with Gasteiger partial charge in [0.2, 0.25) is 23.6 Å². The maximum Gasteiger partial charge on any atom is 0.326 e. The number of nitrogens with one attached hydrogen (secondary N) is 4. The number of hydrogen-bond donors (Lipinski definition) is 8. The molecule has 14 heteroatoms. The van der Waals surface area contributed by atoms with Gasteiger partial charge in [-0.25, -0.2) is 4.79 Å². The molecule has 0 unspecified atom stereocenters. The number of benzene rings is 1. The highest BCUT2D eigenvalue weighted by atomic mass is 16.4. The van der Waals surface area contributed by atoms with Crippen molar-refractivity contribution in [2.24, 2.45) is 11.7 Å². The first kappa shape index (κ1) is 33.8. The van der Waals surface area contributed by atoms with Gasteiger partial charge in [-0.2, -0.15) is 0 Å². The van der Waals surface area contributed by atoms with Crippen LogP contribution in [0, 0.1) is 5.92 Å². The molecule has 0 radical (unpaired) electrons. The third kappa shape index (κ3) is 12.1. The molecule has 0 saturated heterocycles. The van der Waals surface area contributed by atoms with Crippen molar-refractivity contribution in [3.05, 3.63) is 29.8 Å². The summed E-state index contributed by atoms with van der Waals surface area (Å²) < 4.78 is 0. The SMILES string of the molecule is CC(=O)N[C@@H](CC(=O)O)C(=O)N[C@H](C(=O)N[C@@H](CCCCN)C(=O)N[C@@H](Cc1ccc(O)cc1)C(=O)O)C(C)C. The number of hydrogen-bond acceptors (Lipinski definition) is 8. The van der Waals surface area contributed by atoms with Gasteiger partial charge in [-0.3, -0.25) is 24.0 Å². The molecule has 0 spiro atoms. The van der Waals surface area contributed by atoms with Gasteiger partial charge < -0.3 is 42.3 Å². The van der Waals surface area contributed by atoms with Crippen LogP contribution in [0.15, 0.2) is 24.3 Å². The molecule has 1 aromatic rings. The first-order valence-electron chi connectivity index (χ1n) is 12.9. The second-order valence-corrected chi connectivity index (χ2v) is 9.70. The van der Waals surface area contributed by atoms with Gasteiger partial charge in [0.05, 0.1) is 6.42 Å². The standard InChI is InChI=1S/C26H39N5O9/c1-14(2)22(31-24(37)19(13-21(34)35)28-15(3)32)25(38)29-18(6-4-5-11-27)23(36)30-20(26(39)40)12-16-7-9-17(33)10-8-16/h7-10,14,18-20,22,33H,4-6,11-13,27H2,1-3H3,(H,28,32)(H,29,38)(H,30,36)(H,31,37)(H,34,35)(H,39,40)/t18-,19-,20-,22-/m0/s1. The van der Waals surface area contributed by atoms with E-state index in [0.29, 0.717) is 24.9 Å². The number of carbonyl (C=O) groups is 6. The zero-order valence-electron chi connectivity index (χ0n) is 22.8. The van der Waals surface area contributed by atoms with E-state index in [-0.39, 0.29) is 18.6 Å². The molecule has 0 saturated carbocycles. The number of aromatic hydroxyl groups is 1. The zero-order valence-corrected chi connectivity index (χ0v) is 22.8. The lowest BCUT2D eigenvalue weighted by atomic mass is 10.0. The summed E-state index contributed by atoms with van der Waals surface area (Å²) >= 11 is 0. The van der Waals surface area contributed by atoms with E-state index in [4.69, 9.17) is 10.8 Å². The lowest BCUT2D eigenvalue weighted by Gasteiger charge is -2.27. The van der Waals surface area contributed by atoms with Crippen molar-refractivity contribution in [2.45, 2.75) is 77.0 Å². The average molecular weight is 566 g/mol. The summed E-state index contributed by atoms with van der Waals surface area (Å²) in [6.07, 6.45) is 0.315. The lowest BCUT2D eigenvalue weighted by Crippen LogP contribution is -2.59. The number of amides is 4. The number of rotatable bonds is 17. The van der Waals surface area contributed by atoms with E-state index in [9.17, 15) is 39.0 Å². The quantitative estimate of drug-likeness (QED) is 0.110. The Labute approximate surface area is 232 Å². The number of aliphatic carboxylic acids is 2. The second-order valence-electron chi connectivity index (χ2n) is 9.70. The molecular weight excluding hydrogens is 526 g/mol. The van der Waals surface area contributed by atoms with E-state index in [1.165, 1.54) is 24.3 Å². The maximum absolute atomic E-state index is 13.2. The molecule has 0 bridgehead atoms. The maximum atomic E-state index is 13.2. The van der Waals surface area contributed by atoms with Gasteiger partial charge in [-0.05, 0) is 49.4 Å². The zero-order chi connectivity index (χ0) is 30.4. The molecule has 0 aliphatic carbocycles. The minimum Gasteiger partial charge on any atom is -0.508 e. The van der Waals surface area contributed by atoms with Crippen molar-refractivity contribution in [2.75, 3.05) is 6.54 Å². The average Bonchev–Trinajstić information content (AvgIpc) is 2.86. The molecule has 0 aliphatic heterocycles. The minimum atomic E-state index is -1.43. The summed E-state index contributed by atoms with van der Waals surface area (Å²) in [5, 5.41) is 37.9. The molecule has 1 aromatic carbocycles. The molecule has 4 amide bonds. The van der Waals surface area contributed by atoms with Crippen LogP contribution in [-0.2, 0) is 35.2 Å². The van der Waals surface area contributed by atoms with Gasteiger partial charge >= 0.3 is 11.9 Å². The number of carboxylic acids is 2. The Morgan fingerprint density at radius 1 is 0.800 bits per heavy atom. The monoisotopic (exact) mass is 565 g/mol. The van der Waals surface area contributed by atoms with Crippen LogP contribution in [0.2, 0.25) is 0 Å². The van der Waals surface area contributed by atoms with Gasteiger partial charge in [0, 0.05) is 13.3 Å². The third-order valence-corrected chi connectivity index (χ3v) is 5.89. The van der Waals surface area contributed by atoms with Gasteiger partial charge in [0.25, 0.3) is 0 Å². The van der Waals surface area contributed by atoms with Gasteiger partial charge in [-0.1, -0.05) is 26.0 Å². The Bertz CT molecular complexity index is 1030.